The summed E-state index contributed by atoms with van der Waals surface area (Å²) in [6, 6.07) is 12.5. The number of thiol groups is 1. The minimum absolute atomic E-state index is 0.331. The van der Waals surface area contributed by atoms with Gasteiger partial charge in [0.15, 0.2) is 11.4 Å². The Bertz CT molecular complexity index is 879. The van der Waals surface area contributed by atoms with Crippen LogP contribution in [0, 0.1) is 0 Å². The molecule has 1 aromatic heterocycles. The molecular formula is C16H15BrN4O2S. The lowest BCUT2D eigenvalue weighted by Crippen LogP contribution is -2.27. The van der Waals surface area contributed by atoms with Gasteiger partial charge in [-0.3, -0.25) is 0 Å². The Labute approximate surface area is 153 Å². The number of halogens is 1. The number of fused-ring (bicyclic) bond motifs is 1. The molecule has 0 unspecified atom stereocenters. The number of carbonyl (C=O) groups is 1. The summed E-state index contributed by atoms with van der Waals surface area (Å²) in [4.78, 5) is 14.4. The van der Waals surface area contributed by atoms with Gasteiger partial charge in [0.1, 0.15) is 0 Å². The van der Waals surface area contributed by atoms with E-state index in [1.54, 1.807) is 6.07 Å². The molecule has 0 saturated heterocycles. The monoisotopic (exact) mass is 406 g/mol. The van der Waals surface area contributed by atoms with E-state index in [0.29, 0.717) is 22.5 Å². The van der Waals surface area contributed by atoms with Gasteiger partial charge in [-0.15, -0.1) is 0 Å². The van der Waals surface area contributed by atoms with Crippen LogP contribution in [-0.2, 0) is 0 Å². The first-order valence-corrected chi connectivity index (χ1v) is 8.27. The number of nitrogens with zero attached hydrogens (tertiary/aromatic N) is 3. The van der Waals surface area contributed by atoms with Crippen molar-refractivity contribution in [1.29, 1.82) is 0 Å². The van der Waals surface area contributed by atoms with Gasteiger partial charge in [0.25, 0.3) is 0 Å². The zero-order valence-corrected chi connectivity index (χ0v) is 15.5. The van der Waals surface area contributed by atoms with Crippen LogP contribution in [0.4, 0.5) is 22.0 Å². The first-order chi connectivity index (χ1) is 11.5. The van der Waals surface area contributed by atoms with Crippen LogP contribution in [0.15, 0.2) is 51.5 Å². The Kier molecular flexibility index (Phi) is 4.68. The zero-order valence-electron chi connectivity index (χ0n) is 13.0. The Hall–Kier alpha value is -2.19. The van der Waals surface area contributed by atoms with Crippen LogP contribution in [0.2, 0.25) is 0 Å². The Balaban J connectivity index is 1.79. The number of rotatable bonds is 3. The number of amides is 2. The number of nitrogens with one attached hydrogen (secondary N) is 1. The van der Waals surface area contributed by atoms with Crippen LogP contribution in [-0.4, -0.2) is 25.3 Å². The third-order valence-electron chi connectivity index (χ3n) is 3.44. The molecular weight excluding hydrogens is 392 g/mol. The van der Waals surface area contributed by atoms with Gasteiger partial charge in [-0.1, -0.05) is 33.9 Å². The van der Waals surface area contributed by atoms with Crippen LogP contribution >= 0.6 is 28.7 Å². The van der Waals surface area contributed by atoms with Crippen molar-refractivity contribution < 1.29 is 9.32 Å². The van der Waals surface area contributed by atoms with Gasteiger partial charge in [-0.25, -0.2) is 9.10 Å². The highest BCUT2D eigenvalue weighted by molar-refractivity contribution is 9.10. The summed E-state index contributed by atoms with van der Waals surface area (Å²) in [5.74, 6) is 0.331. The molecule has 0 spiro atoms. The van der Waals surface area contributed by atoms with E-state index in [2.05, 4.69) is 39.2 Å². The lowest BCUT2D eigenvalue weighted by molar-refractivity contribution is 0.260. The first kappa shape index (κ1) is 16.7. The van der Waals surface area contributed by atoms with Crippen molar-refractivity contribution in [3.05, 3.63) is 46.9 Å². The molecule has 0 aliphatic rings. The van der Waals surface area contributed by atoms with Crippen LogP contribution in [0.5, 0.6) is 0 Å². The number of benzene rings is 2. The topological polar surface area (TPSA) is 61.6 Å². The highest BCUT2D eigenvalue weighted by Crippen LogP contribution is 2.30. The summed E-state index contributed by atoms with van der Waals surface area (Å²) >= 11 is 7.64. The molecule has 124 valence electrons. The maximum atomic E-state index is 12.4. The molecule has 3 aromatic rings. The number of hydrogen-bond acceptors (Lipinski definition) is 5. The molecule has 8 heteroatoms. The molecule has 0 aliphatic heterocycles. The third-order valence-corrected chi connectivity index (χ3v) is 4.31. The zero-order chi connectivity index (χ0) is 17.3. The summed E-state index contributed by atoms with van der Waals surface area (Å²) in [6.45, 7) is 0. The van der Waals surface area contributed by atoms with Crippen molar-refractivity contribution in [2.75, 3.05) is 28.6 Å². The number of carbonyl (C=O) groups excluding carboxylic acids is 1. The Morgan fingerprint density at radius 3 is 2.58 bits per heavy atom. The van der Waals surface area contributed by atoms with Gasteiger partial charge in [-0.2, -0.15) is 0 Å². The van der Waals surface area contributed by atoms with E-state index in [1.807, 2.05) is 55.4 Å². The summed E-state index contributed by atoms with van der Waals surface area (Å²) in [6.07, 6.45) is 0. The molecule has 3 rings (SSSR count). The van der Waals surface area contributed by atoms with Gasteiger partial charge < -0.3 is 14.7 Å². The van der Waals surface area contributed by atoms with E-state index >= 15 is 0 Å². The van der Waals surface area contributed by atoms with E-state index in [-0.39, 0.29) is 0 Å². The predicted molar refractivity (Wildman–Crippen MR) is 103 cm³/mol. The maximum absolute atomic E-state index is 12.4. The van der Waals surface area contributed by atoms with Crippen molar-refractivity contribution in [1.82, 2.24) is 5.16 Å². The van der Waals surface area contributed by atoms with Gasteiger partial charge in [-0.05, 0) is 42.5 Å². The summed E-state index contributed by atoms with van der Waals surface area (Å²) in [5.41, 5.74) is 2.29. The number of aromatic nitrogens is 1. The van der Waals surface area contributed by atoms with E-state index < -0.39 is 6.03 Å². The van der Waals surface area contributed by atoms with Crippen LogP contribution in [0.25, 0.3) is 11.0 Å². The van der Waals surface area contributed by atoms with Crippen LogP contribution in [0.3, 0.4) is 0 Å². The molecule has 0 radical (unpaired) electrons. The van der Waals surface area contributed by atoms with E-state index in [0.717, 1.165) is 14.5 Å². The van der Waals surface area contributed by atoms with Gasteiger partial charge in [0, 0.05) is 29.9 Å². The second kappa shape index (κ2) is 6.74. The normalized spacial score (nSPS) is 10.7. The van der Waals surface area contributed by atoms with Crippen molar-refractivity contribution in [2.45, 2.75) is 0 Å². The van der Waals surface area contributed by atoms with Gasteiger partial charge in [0.05, 0.1) is 5.39 Å². The Morgan fingerprint density at radius 1 is 1.21 bits per heavy atom. The van der Waals surface area contributed by atoms with E-state index in [9.17, 15) is 4.79 Å². The number of anilines is 3. The molecule has 0 bridgehead atoms. The minimum Gasteiger partial charge on any atom is -0.378 e. The molecule has 0 atom stereocenters. The number of urea groups is 1. The highest BCUT2D eigenvalue weighted by atomic mass is 79.9. The lowest BCUT2D eigenvalue weighted by atomic mass is 10.2. The molecule has 0 saturated carbocycles. The molecule has 1 N–H and O–H groups in total. The predicted octanol–water partition coefficient (Wildman–Crippen LogP) is 4.54. The highest BCUT2D eigenvalue weighted by Gasteiger charge is 2.19. The van der Waals surface area contributed by atoms with Gasteiger partial charge in [0.2, 0.25) is 0 Å². The molecule has 0 aliphatic carbocycles. The smallest absolute Gasteiger partial charge is 0.337 e. The quantitative estimate of drug-likeness (QED) is 0.626. The first-order valence-electron chi connectivity index (χ1n) is 7.08. The molecule has 6 nitrogen and oxygen atoms in total. The van der Waals surface area contributed by atoms with Gasteiger partial charge >= 0.3 is 6.03 Å². The average Bonchev–Trinajstić information content (AvgIpc) is 2.97. The minimum atomic E-state index is -0.425. The van der Waals surface area contributed by atoms with Crippen LogP contribution < -0.4 is 14.5 Å². The Morgan fingerprint density at radius 2 is 1.92 bits per heavy atom. The van der Waals surface area contributed by atoms with E-state index in [1.165, 1.54) is 0 Å². The largest absolute Gasteiger partial charge is 0.378 e. The van der Waals surface area contributed by atoms with Crippen molar-refractivity contribution in [2.24, 2.45) is 0 Å². The fraction of sp³-hybridized carbons (Fsp3) is 0.125. The summed E-state index contributed by atoms with van der Waals surface area (Å²) in [7, 11) is 3.91. The molecule has 2 amide bonds. The fourth-order valence-corrected chi connectivity index (χ4v) is 2.72. The molecule has 0 fully saturated rings. The summed E-state index contributed by atoms with van der Waals surface area (Å²) < 4.78 is 7.21. The molecule has 1 heterocycles. The standard InChI is InChI=1S/C16H15BrN4O2S/c1-20(2)12-6-4-11(5-7-12)18-16(22)21(24)15-13-9-10(17)3-8-14(13)23-19-15/h3-9,24H,1-2H3,(H,18,22). The molecule has 24 heavy (non-hydrogen) atoms. The lowest BCUT2D eigenvalue weighted by Gasteiger charge is -2.15. The van der Waals surface area contributed by atoms with Crippen molar-refractivity contribution >= 4 is 62.9 Å². The number of hydrogen-bond donors (Lipinski definition) is 2. The SMILES string of the molecule is CN(C)c1ccc(NC(=O)N(S)c2noc3ccc(Br)cc23)cc1. The summed E-state index contributed by atoms with van der Waals surface area (Å²) in [5, 5.41) is 7.39. The van der Waals surface area contributed by atoms with Crippen LogP contribution in [0.1, 0.15) is 0 Å². The fourth-order valence-electron chi connectivity index (χ4n) is 2.17. The third kappa shape index (κ3) is 3.34. The maximum Gasteiger partial charge on any atom is 0.337 e. The second-order valence-electron chi connectivity index (χ2n) is 5.33. The average molecular weight is 407 g/mol. The van der Waals surface area contributed by atoms with Crippen molar-refractivity contribution in [3.8, 4) is 0 Å². The van der Waals surface area contributed by atoms with Crippen molar-refractivity contribution in [3.63, 3.8) is 0 Å². The second-order valence-corrected chi connectivity index (χ2v) is 6.65. The van der Waals surface area contributed by atoms with E-state index in [4.69, 9.17) is 4.52 Å². The molecule has 2 aromatic carbocycles.